The van der Waals surface area contributed by atoms with Gasteiger partial charge in [-0.25, -0.2) is 4.98 Å². The molecule has 7 rings (SSSR count). The second kappa shape index (κ2) is 17.0. The molecule has 3 aliphatic heterocycles. The summed E-state index contributed by atoms with van der Waals surface area (Å²) in [4.78, 5) is 60.0. The van der Waals surface area contributed by atoms with Crippen LogP contribution in [0.15, 0.2) is 54.7 Å². The first-order chi connectivity index (χ1) is 28.5. The van der Waals surface area contributed by atoms with Crippen LogP contribution in [-0.4, -0.2) is 75.8 Å². The van der Waals surface area contributed by atoms with E-state index in [0.29, 0.717) is 55.3 Å². The Morgan fingerprint density at radius 3 is 2.52 bits per heavy atom. The summed E-state index contributed by atoms with van der Waals surface area (Å²) in [5.41, 5.74) is -1.24. The summed E-state index contributed by atoms with van der Waals surface area (Å²) in [5.74, 6) is -0.0450. The lowest BCUT2D eigenvalue weighted by Gasteiger charge is -2.45. The molecule has 60 heavy (non-hydrogen) atoms. The van der Waals surface area contributed by atoms with Crippen molar-refractivity contribution in [3.8, 4) is 11.8 Å². The lowest BCUT2D eigenvalue weighted by Crippen LogP contribution is -2.55. The van der Waals surface area contributed by atoms with Gasteiger partial charge in [0.15, 0.2) is 11.2 Å². The van der Waals surface area contributed by atoms with Crippen molar-refractivity contribution in [2.24, 2.45) is 5.92 Å². The Kier molecular flexibility index (Phi) is 12.1. The highest BCUT2D eigenvalue weighted by Crippen LogP contribution is 2.51. The van der Waals surface area contributed by atoms with E-state index in [9.17, 15) is 37.6 Å². The molecule has 4 aliphatic rings. The highest BCUT2D eigenvalue weighted by molar-refractivity contribution is 7.81. The molecule has 3 aromatic rings. The number of amides is 4. The second-order valence-corrected chi connectivity index (χ2v) is 17.1. The first-order valence-corrected chi connectivity index (χ1v) is 20.8. The minimum Gasteiger partial charge on any atom is -0.493 e. The average Bonchev–Trinajstić information content (AvgIpc) is 3.42. The van der Waals surface area contributed by atoms with Crippen LogP contribution in [0.2, 0.25) is 0 Å². The van der Waals surface area contributed by atoms with Crippen molar-refractivity contribution in [2.45, 2.75) is 107 Å². The molecule has 2 aromatic carbocycles. The van der Waals surface area contributed by atoms with Crippen LogP contribution in [0.1, 0.15) is 89.0 Å². The number of nitrogens with one attached hydrogen (secondary N) is 3. The number of likely N-dealkylation sites (tertiary alicyclic amines) is 1. The largest absolute Gasteiger partial charge is 0.493 e. The summed E-state index contributed by atoms with van der Waals surface area (Å²) in [7, 11) is 0. The number of nitriles is 1. The van der Waals surface area contributed by atoms with E-state index in [1.165, 1.54) is 11.0 Å². The van der Waals surface area contributed by atoms with Gasteiger partial charge in [0.25, 0.3) is 5.91 Å². The number of anilines is 4. The van der Waals surface area contributed by atoms with E-state index < -0.39 is 34.5 Å². The van der Waals surface area contributed by atoms with E-state index in [2.05, 4.69) is 39.7 Å². The van der Waals surface area contributed by atoms with Gasteiger partial charge < -0.3 is 20.3 Å². The Morgan fingerprint density at radius 2 is 1.85 bits per heavy atom. The number of rotatable bonds is 12. The minimum absolute atomic E-state index is 0.0723. The van der Waals surface area contributed by atoms with Crippen molar-refractivity contribution >= 4 is 59.0 Å². The molecule has 0 radical (unpaired) electrons. The SMILES string of the molecule is CCc1cc(N2[C@@H](S)N(c3cnc(C#N)c(C(F)(F)F)c3)C(=O)C23CCC3)ccc1OCC[C@@H]1CCN(CC(=O)Nc2cccc(NC3CCC(=O)NC3=O)c2)C(C)(C)C1. The van der Waals surface area contributed by atoms with Gasteiger partial charge in [-0.15, -0.1) is 12.6 Å². The number of ether oxygens (including phenoxy) is 1. The number of alkyl halides is 3. The van der Waals surface area contributed by atoms with E-state index >= 15 is 0 Å². The van der Waals surface area contributed by atoms with Gasteiger partial charge in [-0.3, -0.25) is 34.3 Å². The van der Waals surface area contributed by atoms with Crippen molar-refractivity contribution in [2.75, 3.05) is 40.1 Å². The molecule has 3 atom stereocenters. The van der Waals surface area contributed by atoms with Gasteiger partial charge >= 0.3 is 6.18 Å². The Bertz CT molecular complexity index is 2210. The Morgan fingerprint density at radius 1 is 1.08 bits per heavy atom. The minimum atomic E-state index is -4.83. The van der Waals surface area contributed by atoms with Crippen LogP contribution in [-0.2, 0) is 31.8 Å². The first kappa shape index (κ1) is 42.8. The molecule has 4 amide bonds. The van der Waals surface area contributed by atoms with Gasteiger partial charge in [-0.2, -0.15) is 18.4 Å². The maximum absolute atomic E-state index is 14.0. The summed E-state index contributed by atoms with van der Waals surface area (Å²) in [5, 5.41) is 17.7. The highest BCUT2D eigenvalue weighted by atomic mass is 32.1. The monoisotopic (exact) mass is 846 g/mol. The number of aryl methyl sites for hydroxylation is 1. The molecule has 3 N–H and O–H groups in total. The zero-order valence-corrected chi connectivity index (χ0v) is 34.7. The van der Waals surface area contributed by atoms with Gasteiger partial charge in [0.2, 0.25) is 17.7 Å². The number of piperidine rings is 2. The third-order valence-electron chi connectivity index (χ3n) is 12.3. The van der Waals surface area contributed by atoms with Crippen LogP contribution in [0.25, 0.3) is 0 Å². The molecule has 3 saturated heterocycles. The fraction of sp³-hybridized carbons (Fsp3) is 0.488. The highest BCUT2D eigenvalue weighted by Gasteiger charge is 2.60. The average molecular weight is 847 g/mol. The van der Waals surface area contributed by atoms with E-state index in [0.717, 1.165) is 55.8 Å². The molecule has 17 heteroatoms. The molecule has 4 heterocycles. The quantitative estimate of drug-likeness (QED) is 0.115. The number of carbonyl (C=O) groups excluding carboxylic acids is 4. The molecular weight excluding hydrogens is 798 g/mol. The van der Waals surface area contributed by atoms with Gasteiger partial charge in [0, 0.05) is 29.0 Å². The van der Waals surface area contributed by atoms with E-state index in [-0.39, 0.29) is 47.8 Å². The van der Waals surface area contributed by atoms with E-state index in [1.807, 2.05) is 36.1 Å². The fourth-order valence-corrected chi connectivity index (χ4v) is 9.53. The number of imide groups is 1. The van der Waals surface area contributed by atoms with Crippen LogP contribution in [0, 0.1) is 17.2 Å². The molecule has 318 valence electrons. The number of thiol groups is 1. The van der Waals surface area contributed by atoms with Crippen molar-refractivity contribution in [3.63, 3.8) is 0 Å². The van der Waals surface area contributed by atoms with Gasteiger partial charge in [0.1, 0.15) is 23.4 Å². The van der Waals surface area contributed by atoms with Crippen LogP contribution in [0.3, 0.4) is 0 Å². The molecule has 1 unspecified atom stereocenters. The summed E-state index contributed by atoms with van der Waals surface area (Å²) in [6, 6.07) is 14.6. The topological polar surface area (TPSA) is 160 Å². The maximum Gasteiger partial charge on any atom is 0.419 e. The number of hydrogen-bond acceptors (Lipinski definition) is 11. The van der Waals surface area contributed by atoms with Crippen LogP contribution in [0.4, 0.5) is 35.9 Å². The number of pyridine rings is 1. The molecule has 13 nitrogen and oxygen atoms in total. The number of benzene rings is 2. The number of hydrogen-bond donors (Lipinski definition) is 4. The van der Waals surface area contributed by atoms with Crippen LogP contribution < -0.4 is 30.5 Å². The summed E-state index contributed by atoms with van der Waals surface area (Å²) in [6.07, 6.45) is 2.01. The first-order valence-electron chi connectivity index (χ1n) is 20.3. The van der Waals surface area contributed by atoms with Gasteiger partial charge in [-0.1, -0.05) is 13.0 Å². The van der Waals surface area contributed by atoms with Crippen LogP contribution >= 0.6 is 12.6 Å². The standard InChI is InChI=1S/C43H49F3N8O5S/c1-4-27-19-30(54-40(60)53(39(58)42(54)15-6-16-42)31-21-32(43(44,45)46)34(23-47)48-24-31)9-11-35(27)59-18-14-26-13-17-52(41(2,3)22-26)25-37(56)50-29-8-5-7-28(20-29)49-33-10-12-36(55)51-38(33)57/h5,7-9,11,19-21,24,26,33,40,49,60H,4,6,10,12-18,22,25H2,1-3H3,(H,50,56)(H,51,55,57)/t26-,33?,40-/m0/s1. The maximum atomic E-state index is 14.0. The summed E-state index contributed by atoms with van der Waals surface area (Å²) >= 11 is 4.79. The van der Waals surface area contributed by atoms with Crippen LogP contribution in [0.5, 0.6) is 5.75 Å². The van der Waals surface area contributed by atoms with Crippen molar-refractivity contribution in [1.82, 2.24) is 15.2 Å². The van der Waals surface area contributed by atoms with Gasteiger partial charge in [0.05, 0.1) is 30.6 Å². The Hall–Kier alpha value is -5.34. The zero-order chi connectivity index (χ0) is 43.0. The third-order valence-corrected chi connectivity index (χ3v) is 12.7. The zero-order valence-electron chi connectivity index (χ0n) is 33.8. The number of aromatic nitrogens is 1. The molecule has 4 fully saturated rings. The number of carbonyl (C=O) groups is 4. The molecule has 0 bridgehead atoms. The lowest BCUT2D eigenvalue weighted by atomic mass is 9.75. The molecule has 1 aromatic heterocycles. The number of nitrogens with zero attached hydrogens (tertiary/aromatic N) is 5. The summed E-state index contributed by atoms with van der Waals surface area (Å²) < 4.78 is 47.9. The van der Waals surface area contributed by atoms with Crippen molar-refractivity contribution in [1.29, 1.82) is 5.26 Å². The summed E-state index contributed by atoms with van der Waals surface area (Å²) in [6.45, 7) is 7.75. The van der Waals surface area contributed by atoms with Crippen molar-refractivity contribution < 1.29 is 37.1 Å². The van der Waals surface area contributed by atoms with Crippen molar-refractivity contribution in [3.05, 3.63) is 71.5 Å². The molecule has 1 spiro atoms. The number of halogens is 3. The third kappa shape index (κ3) is 8.62. The second-order valence-electron chi connectivity index (χ2n) is 16.6. The fourth-order valence-electron chi connectivity index (χ4n) is 8.94. The van der Waals surface area contributed by atoms with E-state index in [1.54, 1.807) is 18.2 Å². The smallest absolute Gasteiger partial charge is 0.419 e. The Labute approximate surface area is 352 Å². The normalized spacial score (nSPS) is 22.6. The van der Waals surface area contributed by atoms with Gasteiger partial charge in [-0.05, 0) is 126 Å². The Balaban J connectivity index is 0.940. The van der Waals surface area contributed by atoms with E-state index in [4.69, 9.17) is 17.4 Å². The predicted octanol–water partition coefficient (Wildman–Crippen LogP) is 6.64. The molecule has 1 aliphatic carbocycles. The predicted molar refractivity (Wildman–Crippen MR) is 222 cm³/mol. The lowest BCUT2D eigenvalue weighted by molar-refractivity contribution is -0.138. The molecular formula is C43H49F3N8O5S. The molecule has 1 saturated carbocycles.